The van der Waals surface area contributed by atoms with Crippen molar-refractivity contribution in [2.24, 2.45) is 4.99 Å². The van der Waals surface area contributed by atoms with E-state index in [0.29, 0.717) is 25.5 Å². The summed E-state index contributed by atoms with van der Waals surface area (Å²) in [5, 5.41) is 6.10. The molecule has 0 spiro atoms. The van der Waals surface area contributed by atoms with Crippen LogP contribution in [0.25, 0.3) is 0 Å². The third-order valence-corrected chi connectivity index (χ3v) is 3.36. The Kier molecular flexibility index (Phi) is 7.13. The number of nitrogens with one attached hydrogen (secondary N) is 2. The SMILES string of the molecule is CN=C(NCCOc1ccc(F)cc1F)NCCc1cccc(F)c1. The average Bonchev–Trinajstić information content (AvgIpc) is 2.58. The third kappa shape index (κ3) is 6.37. The Morgan fingerprint density at radius 2 is 1.76 bits per heavy atom. The van der Waals surface area contributed by atoms with Gasteiger partial charge in [-0.05, 0) is 36.2 Å². The zero-order chi connectivity index (χ0) is 18.1. The second-order valence-corrected chi connectivity index (χ2v) is 5.23. The Hall–Kier alpha value is -2.70. The number of guanidine groups is 1. The molecular weight excluding hydrogens is 331 g/mol. The van der Waals surface area contributed by atoms with Crippen molar-refractivity contribution in [1.29, 1.82) is 0 Å². The first-order chi connectivity index (χ1) is 12.1. The van der Waals surface area contributed by atoms with Gasteiger partial charge in [0.25, 0.3) is 0 Å². The number of ether oxygens (including phenoxy) is 1. The molecule has 2 aromatic rings. The lowest BCUT2D eigenvalue weighted by atomic mass is 10.1. The highest BCUT2D eigenvalue weighted by molar-refractivity contribution is 5.79. The van der Waals surface area contributed by atoms with Gasteiger partial charge in [-0.25, -0.2) is 13.2 Å². The van der Waals surface area contributed by atoms with Crippen LogP contribution in [0, 0.1) is 17.5 Å². The first-order valence-corrected chi connectivity index (χ1v) is 7.85. The Morgan fingerprint density at radius 3 is 2.48 bits per heavy atom. The zero-order valence-electron chi connectivity index (χ0n) is 13.9. The van der Waals surface area contributed by atoms with Crippen LogP contribution in [0.1, 0.15) is 5.56 Å². The number of hydrogen-bond donors (Lipinski definition) is 2. The predicted octanol–water partition coefficient (Wildman–Crippen LogP) is 2.89. The summed E-state index contributed by atoms with van der Waals surface area (Å²) in [5.41, 5.74) is 0.887. The summed E-state index contributed by atoms with van der Waals surface area (Å²) in [6, 6.07) is 9.57. The van der Waals surface area contributed by atoms with Crippen LogP contribution in [0.3, 0.4) is 0 Å². The monoisotopic (exact) mass is 351 g/mol. The van der Waals surface area contributed by atoms with Gasteiger partial charge in [-0.1, -0.05) is 12.1 Å². The molecule has 0 atom stereocenters. The van der Waals surface area contributed by atoms with E-state index in [2.05, 4.69) is 15.6 Å². The fraction of sp³-hybridized carbons (Fsp3) is 0.278. The van der Waals surface area contributed by atoms with E-state index >= 15 is 0 Å². The molecule has 0 aliphatic heterocycles. The lowest BCUT2D eigenvalue weighted by Crippen LogP contribution is -2.40. The molecule has 0 aliphatic carbocycles. The molecule has 0 fully saturated rings. The molecule has 0 saturated carbocycles. The Labute approximate surface area is 144 Å². The summed E-state index contributed by atoms with van der Waals surface area (Å²) >= 11 is 0. The van der Waals surface area contributed by atoms with E-state index in [1.807, 2.05) is 6.07 Å². The second kappa shape index (κ2) is 9.56. The van der Waals surface area contributed by atoms with Gasteiger partial charge < -0.3 is 15.4 Å². The third-order valence-electron chi connectivity index (χ3n) is 3.36. The topological polar surface area (TPSA) is 45.7 Å². The number of aliphatic imine (C=N–C) groups is 1. The molecule has 0 aliphatic rings. The van der Waals surface area contributed by atoms with Crippen molar-refractivity contribution in [2.45, 2.75) is 6.42 Å². The van der Waals surface area contributed by atoms with Gasteiger partial charge in [0, 0.05) is 19.7 Å². The minimum atomic E-state index is -0.738. The molecule has 0 heterocycles. The summed E-state index contributed by atoms with van der Waals surface area (Å²) < 4.78 is 44.6. The van der Waals surface area contributed by atoms with Crippen LogP contribution in [-0.2, 0) is 6.42 Å². The van der Waals surface area contributed by atoms with E-state index in [-0.39, 0.29) is 18.2 Å². The van der Waals surface area contributed by atoms with Gasteiger partial charge in [-0.2, -0.15) is 0 Å². The number of nitrogens with zero attached hydrogens (tertiary/aromatic N) is 1. The molecule has 0 bridgehead atoms. The Morgan fingerprint density at radius 1 is 1.00 bits per heavy atom. The van der Waals surface area contributed by atoms with Gasteiger partial charge in [0.1, 0.15) is 18.2 Å². The normalized spacial score (nSPS) is 11.3. The van der Waals surface area contributed by atoms with Crippen LogP contribution < -0.4 is 15.4 Å². The molecular formula is C18H20F3N3O. The van der Waals surface area contributed by atoms with E-state index in [1.165, 1.54) is 18.2 Å². The van der Waals surface area contributed by atoms with Crippen molar-refractivity contribution < 1.29 is 17.9 Å². The van der Waals surface area contributed by atoms with Crippen molar-refractivity contribution in [2.75, 3.05) is 26.7 Å². The standard InChI is InChI=1S/C18H20F3N3O/c1-22-18(23-8-7-13-3-2-4-14(19)11-13)24-9-10-25-17-6-5-15(20)12-16(17)21/h2-6,11-12H,7-10H2,1H3,(H2,22,23,24). The highest BCUT2D eigenvalue weighted by Crippen LogP contribution is 2.17. The summed E-state index contributed by atoms with van der Waals surface area (Å²) in [6.45, 7) is 1.15. The molecule has 7 heteroatoms. The molecule has 0 unspecified atom stereocenters. The molecule has 0 radical (unpaired) electrons. The largest absolute Gasteiger partial charge is 0.489 e. The van der Waals surface area contributed by atoms with Gasteiger partial charge in [0.2, 0.25) is 0 Å². The van der Waals surface area contributed by atoms with Crippen molar-refractivity contribution >= 4 is 5.96 Å². The van der Waals surface area contributed by atoms with E-state index in [1.54, 1.807) is 13.1 Å². The van der Waals surface area contributed by atoms with Gasteiger partial charge in [-0.15, -0.1) is 0 Å². The summed E-state index contributed by atoms with van der Waals surface area (Å²) in [5.74, 6) is -1.09. The molecule has 0 amide bonds. The van der Waals surface area contributed by atoms with Crippen molar-refractivity contribution in [3.05, 3.63) is 65.5 Å². The van der Waals surface area contributed by atoms with E-state index in [4.69, 9.17) is 4.74 Å². The fourth-order valence-corrected chi connectivity index (χ4v) is 2.16. The summed E-state index contributed by atoms with van der Waals surface area (Å²) in [4.78, 5) is 4.05. The highest BCUT2D eigenvalue weighted by atomic mass is 19.1. The molecule has 25 heavy (non-hydrogen) atoms. The van der Waals surface area contributed by atoms with Crippen molar-refractivity contribution in [3.8, 4) is 5.75 Å². The minimum absolute atomic E-state index is 0.00255. The highest BCUT2D eigenvalue weighted by Gasteiger charge is 2.05. The lowest BCUT2D eigenvalue weighted by molar-refractivity contribution is 0.304. The lowest BCUT2D eigenvalue weighted by Gasteiger charge is -2.13. The fourth-order valence-electron chi connectivity index (χ4n) is 2.16. The van der Waals surface area contributed by atoms with Crippen LogP contribution in [0.15, 0.2) is 47.5 Å². The Bertz CT molecular complexity index is 722. The molecule has 4 nitrogen and oxygen atoms in total. The second-order valence-electron chi connectivity index (χ2n) is 5.23. The maximum atomic E-state index is 13.4. The van der Waals surface area contributed by atoms with Crippen molar-refractivity contribution in [1.82, 2.24) is 10.6 Å². The van der Waals surface area contributed by atoms with Crippen LogP contribution in [0.4, 0.5) is 13.2 Å². The number of rotatable bonds is 7. The maximum absolute atomic E-state index is 13.4. The van der Waals surface area contributed by atoms with Crippen molar-refractivity contribution in [3.63, 3.8) is 0 Å². The molecule has 0 aromatic heterocycles. The number of hydrogen-bond acceptors (Lipinski definition) is 2. The zero-order valence-corrected chi connectivity index (χ0v) is 13.9. The van der Waals surface area contributed by atoms with Gasteiger partial charge in [0.15, 0.2) is 17.5 Å². The first kappa shape index (κ1) is 18.6. The van der Waals surface area contributed by atoms with E-state index in [9.17, 15) is 13.2 Å². The smallest absolute Gasteiger partial charge is 0.191 e. The number of halogens is 3. The van der Waals surface area contributed by atoms with Crippen LogP contribution >= 0.6 is 0 Å². The van der Waals surface area contributed by atoms with Gasteiger partial charge >= 0.3 is 0 Å². The van der Waals surface area contributed by atoms with E-state index in [0.717, 1.165) is 17.7 Å². The summed E-state index contributed by atoms with van der Waals surface area (Å²) in [7, 11) is 1.62. The van der Waals surface area contributed by atoms with Crippen LogP contribution in [0.5, 0.6) is 5.75 Å². The molecule has 2 rings (SSSR count). The quantitative estimate of drug-likeness (QED) is 0.458. The van der Waals surface area contributed by atoms with Gasteiger partial charge in [0.05, 0.1) is 6.54 Å². The molecule has 2 N–H and O–H groups in total. The predicted molar refractivity (Wildman–Crippen MR) is 91.3 cm³/mol. The Balaban J connectivity index is 1.68. The first-order valence-electron chi connectivity index (χ1n) is 7.85. The maximum Gasteiger partial charge on any atom is 0.191 e. The van der Waals surface area contributed by atoms with Gasteiger partial charge in [-0.3, -0.25) is 4.99 Å². The molecule has 134 valence electrons. The van der Waals surface area contributed by atoms with E-state index < -0.39 is 11.6 Å². The van der Waals surface area contributed by atoms with Crippen LogP contribution in [0.2, 0.25) is 0 Å². The molecule has 2 aromatic carbocycles. The number of benzene rings is 2. The average molecular weight is 351 g/mol. The van der Waals surface area contributed by atoms with Crippen LogP contribution in [-0.4, -0.2) is 32.7 Å². The molecule has 0 saturated heterocycles. The summed E-state index contributed by atoms with van der Waals surface area (Å²) in [6.07, 6.45) is 0.649. The minimum Gasteiger partial charge on any atom is -0.489 e.